The van der Waals surface area contributed by atoms with Gasteiger partial charge in [0.25, 0.3) is 0 Å². The molecule has 3 nitrogen and oxygen atoms in total. The molecule has 1 aromatic carbocycles. The van der Waals surface area contributed by atoms with E-state index < -0.39 is 0 Å². The first kappa shape index (κ1) is 13.1. The highest BCUT2D eigenvalue weighted by Crippen LogP contribution is 2.23. The van der Waals surface area contributed by atoms with Gasteiger partial charge in [0.05, 0.1) is 7.11 Å². The van der Waals surface area contributed by atoms with Gasteiger partial charge in [0.15, 0.2) is 0 Å². The number of esters is 1. The van der Waals surface area contributed by atoms with E-state index in [9.17, 15) is 4.79 Å². The zero-order valence-corrected chi connectivity index (χ0v) is 11.1. The molecule has 18 heavy (non-hydrogen) atoms. The lowest BCUT2D eigenvalue weighted by molar-refractivity contribution is -0.143. The Bertz CT molecular complexity index is 411. The minimum atomic E-state index is -0.335. The maximum absolute atomic E-state index is 11.9. The number of rotatable bonds is 4. The van der Waals surface area contributed by atoms with Crippen molar-refractivity contribution in [2.75, 3.05) is 7.11 Å². The molecule has 1 fully saturated rings. The normalized spacial score (nSPS) is 17.7. The van der Waals surface area contributed by atoms with Gasteiger partial charge in [-0.2, -0.15) is 0 Å². The molecule has 1 atom stereocenters. The first-order valence-electron chi connectivity index (χ1n) is 6.61. The average molecular weight is 247 g/mol. The van der Waals surface area contributed by atoms with E-state index in [1.54, 1.807) is 0 Å². The lowest BCUT2D eigenvalue weighted by Crippen LogP contribution is -2.36. The lowest BCUT2D eigenvalue weighted by atomic mass is 10.0. The van der Waals surface area contributed by atoms with Crippen molar-refractivity contribution in [2.45, 2.75) is 44.7 Å². The number of carbonyl (C=O) groups is 1. The van der Waals surface area contributed by atoms with E-state index in [2.05, 4.69) is 5.32 Å². The van der Waals surface area contributed by atoms with Crippen LogP contribution in [0.1, 0.15) is 42.9 Å². The molecule has 1 saturated carbocycles. The molecule has 0 radical (unpaired) electrons. The third kappa shape index (κ3) is 3.10. The molecule has 0 aromatic heterocycles. The van der Waals surface area contributed by atoms with Crippen LogP contribution in [0.4, 0.5) is 0 Å². The number of nitrogens with one attached hydrogen (secondary N) is 1. The minimum Gasteiger partial charge on any atom is -0.468 e. The van der Waals surface area contributed by atoms with Crippen molar-refractivity contribution >= 4 is 5.97 Å². The lowest BCUT2D eigenvalue weighted by Gasteiger charge is -2.21. The molecule has 0 spiro atoms. The van der Waals surface area contributed by atoms with Crippen LogP contribution in [0.5, 0.6) is 0 Å². The zero-order chi connectivity index (χ0) is 13.0. The summed E-state index contributed by atoms with van der Waals surface area (Å²) in [5.74, 6) is -0.201. The zero-order valence-electron chi connectivity index (χ0n) is 11.1. The molecule has 0 heterocycles. The van der Waals surface area contributed by atoms with Gasteiger partial charge in [-0.15, -0.1) is 0 Å². The molecule has 0 unspecified atom stereocenters. The Morgan fingerprint density at radius 1 is 1.39 bits per heavy atom. The summed E-state index contributed by atoms with van der Waals surface area (Å²) in [5, 5.41) is 3.44. The summed E-state index contributed by atoms with van der Waals surface area (Å²) < 4.78 is 4.92. The van der Waals surface area contributed by atoms with Crippen molar-refractivity contribution in [1.29, 1.82) is 0 Å². The number of methoxy groups -OCH3 is 1. The standard InChI is InChI=1S/C15H21NO2/c1-11-6-5-7-12(10-11)14(15(17)18-2)16-13-8-3-4-9-13/h5-7,10,13-14,16H,3-4,8-9H2,1-2H3/t14-/m1/s1. The summed E-state index contributed by atoms with van der Waals surface area (Å²) in [5.41, 5.74) is 2.16. The number of hydrogen-bond donors (Lipinski definition) is 1. The molecule has 3 heteroatoms. The Labute approximate surface area is 109 Å². The van der Waals surface area contributed by atoms with Crippen LogP contribution in [0.2, 0.25) is 0 Å². The van der Waals surface area contributed by atoms with Gasteiger partial charge < -0.3 is 4.74 Å². The van der Waals surface area contributed by atoms with Gasteiger partial charge in [-0.05, 0) is 25.3 Å². The SMILES string of the molecule is COC(=O)[C@H](NC1CCCC1)c1cccc(C)c1. The van der Waals surface area contributed by atoms with Gasteiger partial charge in [-0.25, -0.2) is 4.79 Å². The monoisotopic (exact) mass is 247 g/mol. The number of ether oxygens (including phenoxy) is 1. The third-order valence-corrected chi connectivity index (χ3v) is 3.57. The predicted octanol–water partition coefficient (Wildman–Crippen LogP) is 2.74. The van der Waals surface area contributed by atoms with Crippen molar-refractivity contribution < 1.29 is 9.53 Å². The van der Waals surface area contributed by atoms with E-state index in [0.29, 0.717) is 6.04 Å². The van der Waals surface area contributed by atoms with Crippen molar-refractivity contribution in [1.82, 2.24) is 5.32 Å². The second-order valence-corrected chi connectivity index (χ2v) is 5.02. The highest BCUT2D eigenvalue weighted by atomic mass is 16.5. The van der Waals surface area contributed by atoms with E-state index in [0.717, 1.165) is 24.0 Å². The fraction of sp³-hybridized carbons (Fsp3) is 0.533. The van der Waals surface area contributed by atoms with Crippen molar-refractivity contribution in [2.24, 2.45) is 0 Å². The highest BCUT2D eigenvalue weighted by molar-refractivity contribution is 5.77. The fourth-order valence-electron chi connectivity index (χ4n) is 2.60. The maximum Gasteiger partial charge on any atom is 0.327 e. The molecular formula is C15H21NO2. The quantitative estimate of drug-likeness (QED) is 0.831. The van der Waals surface area contributed by atoms with E-state index in [1.807, 2.05) is 31.2 Å². The summed E-state index contributed by atoms with van der Waals surface area (Å²) in [4.78, 5) is 11.9. The van der Waals surface area contributed by atoms with Crippen molar-refractivity contribution in [3.63, 3.8) is 0 Å². The Balaban J connectivity index is 2.16. The largest absolute Gasteiger partial charge is 0.468 e. The van der Waals surface area contributed by atoms with Crippen molar-refractivity contribution in [3.8, 4) is 0 Å². The van der Waals surface area contributed by atoms with Crippen molar-refractivity contribution in [3.05, 3.63) is 35.4 Å². The Hall–Kier alpha value is -1.35. The van der Waals surface area contributed by atoms with E-state index in [1.165, 1.54) is 20.0 Å². The third-order valence-electron chi connectivity index (χ3n) is 3.57. The Morgan fingerprint density at radius 3 is 2.72 bits per heavy atom. The minimum absolute atomic E-state index is 0.201. The van der Waals surface area contributed by atoms with E-state index in [4.69, 9.17) is 4.74 Å². The fourth-order valence-corrected chi connectivity index (χ4v) is 2.60. The second-order valence-electron chi connectivity index (χ2n) is 5.02. The van der Waals surface area contributed by atoms with E-state index in [-0.39, 0.29) is 12.0 Å². The molecule has 1 N–H and O–H groups in total. The van der Waals surface area contributed by atoms with Gasteiger partial charge in [0.1, 0.15) is 6.04 Å². The summed E-state index contributed by atoms with van der Waals surface area (Å²) in [6.45, 7) is 2.04. The van der Waals surface area contributed by atoms with Gasteiger partial charge >= 0.3 is 5.97 Å². The Kier molecular flexibility index (Phi) is 4.37. The topological polar surface area (TPSA) is 38.3 Å². The second kappa shape index (κ2) is 6.01. The molecule has 0 aliphatic heterocycles. The number of aryl methyl sites for hydroxylation is 1. The summed E-state index contributed by atoms with van der Waals surface area (Å²) >= 11 is 0. The molecular weight excluding hydrogens is 226 g/mol. The van der Waals surface area contributed by atoms with Crippen LogP contribution in [0, 0.1) is 6.92 Å². The first-order chi connectivity index (χ1) is 8.70. The van der Waals surface area contributed by atoms with Crippen LogP contribution in [0.3, 0.4) is 0 Å². The summed E-state index contributed by atoms with van der Waals surface area (Å²) in [6.07, 6.45) is 4.80. The number of hydrogen-bond acceptors (Lipinski definition) is 3. The molecule has 0 saturated heterocycles. The molecule has 1 aliphatic rings. The van der Waals surface area contributed by atoms with Gasteiger partial charge in [0, 0.05) is 6.04 Å². The van der Waals surface area contributed by atoms with Gasteiger partial charge in [-0.1, -0.05) is 42.7 Å². The summed E-state index contributed by atoms with van der Waals surface area (Å²) in [6, 6.07) is 8.15. The molecule has 0 bridgehead atoms. The van der Waals surface area contributed by atoms with Gasteiger partial charge in [-0.3, -0.25) is 5.32 Å². The molecule has 98 valence electrons. The first-order valence-corrected chi connectivity index (χ1v) is 6.61. The van der Waals surface area contributed by atoms with Crippen LogP contribution in [0.25, 0.3) is 0 Å². The predicted molar refractivity (Wildman–Crippen MR) is 71.3 cm³/mol. The molecule has 2 rings (SSSR count). The van der Waals surface area contributed by atoms with Crippen LogP contribution < -0.4 is 5.32 Å². The summed E-state index contributed by atoms with van der Waals surface area (Å²) in [7, 11) is 1.45. The molecule has 0 amide bonds. The molecule has 1 aromatic rings. The van der Waals surface area contributed by atoms with E-state index >= 15 is 0 Å². The molecule has 1 aliphatic carbocycles. The number of carbonyl (C=O) groups excluding carboxylic acids is 1. The van der Waals surface area contributed by atoms with Crippen LogP contribution >= 0.6 is 0 Å². The van der Waals surface area contributed by atoms with Crippen LogP contribution in [-0.2, 0) is 9.53 Å². The van der Waals surface area contributed by atoms with Crippen LogP contribution in [-0.4, -0.2) is 19.1 Å². The average Bonchev–Trinajstić information content (AvgIpc) is 2.88. The number of benzene rings is 1. The van der Waals surface area contributed by atoms with Gasteiger partial charge in [0.2, 0.25) is 0 Å². The smallest absolute Gasteiger partial charge is 0.327 e. The maximum atomic E-state index is 11.9. The highest BCUT2D eigenvalue weighted by Gasteiger charge is 2.26. The Morgan fingerprint density at radius 2 is 2.11 bits per heavy atom. The van der Waals surface area contributed by atoms with Crippen LogP contribution in [0.15, 0.2) is 24.3 Å².